The number of ether oxygens (including phenoxy) is 1. The summed E-state index contributed by atoms with van der Waals surface area (Å²) in [6, 6.07) is 1.34. The molecule has 0 aromatic carbocycles. The van der Waals surface area contributed by atoms with Crippen LogP contribution in [0.3, 0.4) is 0 Å². The normalized spacial score (nSPS) is 23.7. The van der Waals surface area contributed by atoms with Gasteiger partial charge in [-0.15, -0.1) is 0 Å². The molecule has 2 rings (SSSR count). The fourth-order valence-electron chi connectivity index (χ4n) is 2.87. The van der Waals surface area contributed by atoms with Gasteiger partial charge in [0.05, 0.1) is 18.8 Å². The molecule has 3 atom stereocenters. The van der Waals surface area contributed by atoms with Crippen molar-refractivity contribution in [3.05, 3.63) is 33.1 Å². The van der Waals surface area contributed by atoms with E-state index in [2.05, 4.69) is 72.7 Å². The van der Waals surface area contributed by atoms with E-state index < -0.39 is 34.1 Å². The summed E-state index contributed by atoms with van der Waals surface area (Å²) in [5.41, 5.74) is -0.906. The van der Waals surface area contributed by atoms with Gasteiger partial charge >= 0.3 is 5.69 Å². The fraction of sp³-hybridized carbons (Fsp3) is 0.810. The van der Waals surface area contributed by atoms with Gasteiger partial charge in [-0.2, -0.15) is 0 Å². The quantitative estimate of drug-likeness (QED) is 0.648. The third-order valence-corrected chi connectivity index (χ3v) is 16.0. The SMILES string of the molecule is CC(C)(C)[Si](C)(C)OC[C@@H]1C[C@@H](O[Si](C)(C)C(C)(C)C)[C@H](n2ccc(=O)[nH]c2=O)O1. The first kappa shape index (κ1) is 25.3. The summed E-state index contributed by atoms with van der Waals surface area (Å²) in [7, 11) is -4.01. The van der Waals surface area contributed by atoms with Crippen molar-refractivity contribution in [3.63, 3.8) is 0 Å². The third-order valence-electron chi connectivity index (χ3n) is 6.96. The van der Waals surface area contributed by atoms with E-state index in [0.29, 0.717) is 13.0 Å². The summed E-state index contributed by atoms with van der Waals surface area (Å²) in [4.78, 5) is 26.3. The van der Waals surface area contributed by atoms with E-state index in [0.717, 1.165) is 0 Å². The molecule has 0 saturated carbocycles. The van der Waals surface area contributed by atoms with E-state index in [1.54, 1.807) is 0 Å². The number of aromatic amines is 1. The van der Waals surface area contributed by atoms with Gasteiger partial charge in [-0.25, -0.2) is 4.79 Å². The van der Waals surface area contributed by atoms with Crippen LogP contribution in [0.2, 0.25) is 36.3 Å². The lowest BCUT2D eigenvalue weighted by atomic mass is 10.2. The average molecular weight is 457 g/mol. The van der Waals surface area contributed by atoms with E-state index in [1.165, 1.54) is 16.8 Å². The average Bonchev–Trinajstić information content (AvgIpc) is 2.93. The predicted octanol–water partition coefficient (Wildman–Crippen LogP) is 4.24. The number of hydrogen-bond donors (Lipinski definition) is 1. The molecule has 1 aromatic rings. The maximum atomic E-state index is 12.4. The molecule has 1 N–H and O–H groups in total. The molecule has 0 aliphatic carbocycles. The van der Waals surface area contributed by atoms with Gasteiger partial charge in [-0.3, -0.25) is 14.3 Å². The Morgan fingerprint density at radius 1 is 1.07 bits per heavy atom. The Kier molecular flexibility index (Phi) is 7.15. The first-order chi connectivity index (χ1) is 13.4. The second-order valence-corrected chi connectivity index (χ2v) is 21.0. The second-order valence-electron chi connectivity index (χ2n) is 11.4. The van der Waals surface area contributed by atoms with Gasteiger partial charge in [0.1, 0.15) is 0 Å². The predicted molar refractivity (Wildman–Crippen MR) is 125 cm³/mol. The molecule has 30 heavy (non-hydrogen) atoms. The molecule has 7 nitrogen and oxygen atoms in total. The van der Waals surface area contributed by atoms with Crippen molar-refractivity contribution >= 4 is 16.6 Å². The van der Waals surface area contributed by atoms with Crippen molar-refractivity contribution in [2.75, 3.05) is 6.61 Å². The van der Waals surface area contributed by atoms with Crippen LogP contribution in [0.15, 0.2) is 21.9 Å². The Bertz CT molecular complexity index is 848. The van der Waals surface area contributed by atoms with Crippen LogP contribution in [0.4, 0.5) is 0 Å². The zero-order chi connectivity index (χ0) is 23.1. The monoisotopic (exact) mass is 456 g/mol. The molecule has 0 unspecified atom stereocenters. The maximum absolute atomic E-state index is 12.4. The van der Waals surface area contributed by atoms with E-state index in [-0.39, 0.29) is 22.3 Å². The van der Waals surface area contributed by atoms with Crippen LogP contribution in [-0.4, -0.2) is 45.0 Å². The van der Waals surface area contributed by atoms with E-state index in [1.807, 2.05) is 0 Å². The van der Waals surface area contributed by atoms with E-state index >= 15 is 0 Å². The van der Waals surface area contributed by atoms with Gasteiger partial charge in [-0.05, 0) is 36.3 Å². The lowest BCUT2D eigenvalue weighted by Gasteiger charge is -2.39. The number of nitrogens with one attached hydrogen (secondary N) is 1. The summed E-state index contributed by atoms with van der Waals surface area (Å²) < 4.78 is 20.8. The van der Waals surface area contributed by atoms with Crippen LogP contribution in [0.1, 0.15) is 54.2 Å². The van der Waals surface area contributed by atoms with Crippen LogP contribution >= 0.6 is 0 Å². The largest absolute Gasteiger partial charge is 0.414 e. The highest BCUT2D eigenvalue weighted by Crippen LogP contribution is 2.42. The minimum atomic E-state index is -2.09. The van der Waals surface area contributed by atoms with Crippen molar-refractivity contribution in [2.45, 2.75) is 103 Å². The lowest BCUT2D eigenvalue weighted by molar-refractivity contribution is -0.0487. The number of aromatic nitrogens is 2. The highest BCUT2D eigenvalue weighted by molar-refractivity contribution is 6.74. The molecule has 172 valence electrons. The first-order valence-electron chi connectivity index (χ1n) is 10.7. The molecule has 0 spiro atoms. The fourth-order valence-corrected chi connectivity index (χ4v) is 5.23. The minimum absolute atomic E-state index is 0.0310. The van der Waals surface area contributed by atoms with Crippen molar-refractivity contribution in [1.29, 1.82) is 0 Å². The molecular weight excluding hydrogens is 416 g/mol. The summed E-state index contributed by atoms with van der Waals surface area (Å²) in [5, 5.41) is 0.140. The molecule has 0 amide bonds. The second kappa shape index (κ2) is 8.50. The molecular formula is C21H40N2O5Si2. The van der Waals surface area contributed by atoms with Gasteiger partial charge in [0.15, 0.2) is 22.9 Å². The van der Waals surface area contributed by atoms with Gasteiger partial charge in [0.25, 0.3) is 5.56 Å². The Hall–Kier alpha value is -1.01. The maximum Gasteiger partial charge on any atom is 0.330 e. The topological polar surface area (TPSA) is 82.5 Å². The van der Waals surface area contributed by atoms with Crippen LogP contribution in [0, 0.1) is 0 Å². The zero-order valence-corrected chi connectivity index (χ0v) is 22.3. The van der Waals surface area contributed by atoms with E-state index in [4.69, 9.17) is 13.6 Å². The third kappa shape index (κ3) is 5.61. The number of hydrogen-bond acceptors (Lipinski definition) is 5. The van der Waals surface area contributed by atoms with Crippen molar-refractivity contribution in [3.8, 4) is 0 Å². The van der Waals surface area contributed by atoms with Crippen molar-refractivity contribution in [2.24, 2.45) is 0 Å². The lowest BCUT2D eigenvalue weighted by Crippen LogP contribution is -2.46. The highest BCUT2D eigenvalue weighted by Gasteiger charge is 2.46. The summed E-state index contributed by atoms with van der Waals surface area (Å²) in [6.45, 7) is 22.5. The number of rotatable bonds is 6. The smallest absolute Gasteiger partial charge is 0.330 e. The Morgan fingerprint density at radius 2 is 1.63 bits per heavy atom. The summed E-state index contributed by atoms with van der Waals surface area (Å²) in [6.07, 6.45) is 1.11. The first-order valence-corrected chi connectivity index (χ1v) is 16.5. The molecule has 1 fully saturated rings. The molecule has 1 aliphatic rings. The summed E-state index contributed by atoms with van der Waals surface area (Å²) >= 11 is 0. The molecule has 1 aliphatic heterocycles. The Morgan fingerprint density at radius 3 is 2.13 bits per heavy atom. The molecule has 9 heteroatoms. The van der Waals surface area contributed by atoms with Gasteiger partial charge in [0, 0.05) is 18.7 Å². The molecule has 1 saturated heterocycles. The van der Waals surface area contributed by atoms with Crippen LogP contribution in [-0.2, 0) is 13.6 Å². The minimum Gasteiger partial charge on any atom is -0.414 e. The van der Waals surface area contributed by atoms with Crippen molar-refractivity contribution < 1.29 is 13.6 Å². The van der Waals surface area contributed by atoms with Crippen LogP contribution in [0.5, 0.6) is 0 Å². The number of H-pyrrole nitrogens is 1. The van der Waals surface area contributed by atoms with Crippen molar-refractivity contribution in [1.82, 2.24) is 9.55 Å². The summed E-state index contributed by atoms with van der Waals surface area (Å²) in [5.74, 6) is 0. The van der Waals surface area contributed by atoms with Gasteiger partial charge < -0.3 is 13.6 Å². The van der Waals surface area contributed by atoms with Gasteiger partial charge in [-0.1, -0.05) is 41.5 Å². The van der Waals surface area contributed by atoms with E-state index in [9.17, 15) is 9.59 Å². The zero-order valence-electron chi connectivity index (χ0n) is 20.3. The standard InChI is InChI=1S/C21H40N2O5Si2/c1-20(2,3)29(7,8)26-14-15-13-16(28-30(9,10)21(4,5)6)18(27-15)23-12-11-17(24)22-19(23)25/h11-12,15-16,18H,13-14H2,1-10H3,(H,22,24,25)/t15-,16+,18+/m0/s1. The molecule has 0 bridgehead atoms. The highest BCUT2D eigenvalue weighted by atomic mass is 28.4. The Balaban J connectivity index is 2.28. The number of nitrogens with zero attached hydrogens (tertiary/aromatic N) is 1. The van der Waals surface area contributed by atoms with Crippen LogP contribution < -0.4 is 11.2 Å². The van der Waals surface area contributed by atoms with Gasteiger partial charge in [0.2, 0.25) is 0 Å². The van der Waals surface area contributed by atoms with Crippen LogP contribution in [0.25, 0.3) is 0 Å². The molecule has 2 heterocycles. The Labute approximate surface area is 182 Å². The molecule has 1 aromatic heterocycles. The molecule has 0 radical (unpaired) electrons.